The summed E-state index contributed by atoms with van der Waals surface area (Å²) in [6, 6.07) is 21.2. The molecule has 0 bridgehead atoms. The summed E-state index contributed by atoms with van der Waals surface area (Å²) in [4.78, 5) is 12.5. The van der Waals surface area contributed by atoms with Crippen LogP contribution >= 0.6 is 0 Å². The van der Waals surface area contributed by atoms with E-state index in [-0.39, 0.29) is 0 Å². The molecule has 1 saturated carbocycles. The van der Waals surface area contributed by atoms with E-state index < -0.39 is 10.0 Å². The smallest absolute Gasteiger partial charge is 0.241 e. The Balaban J connectivity index is 1.00. The van der Waals surface area contributed by atoms with Crippen LogP contribution in [-0.2, 0) is 10.0 Å². The molecule has 4 aromatic rings. The minimum Gasteiger partial charge on any atom is -0.368 e. The molecule has 222 valence electrons. The van der Waals surface area contributed by atoms with Crippen LogP contribution in [0.1, 0.15) is 25.7 Å². The van der Waals surface area contributed by atoms with Crippen LogP contribution in [0.3, 0.4) is 0 Å². The topological polar surface area (TPSA) is 111 Å². The van der Waals surface area contributed by atoms with Crippen molar-refractivity contribution < 1.29 is 8.42 Å². The molecule has 10 heteroatoms. The first-order valence-corrected chi connectivity index (χ1v) is 16.7. The maximum absolute atomic E-state index is 13.1. The SMILES string of the molecule is O=S(=O)(NCC1CCC(CNc2nc(NCCN3CCNCC3)c3ccccc3n2)CC1)c1cccc2ccccc12. The molecule has 0 radical (unpaired) electrons. The highest BCUT2D eigenvalue weighted by Gasteiger charge is 2.24. The summed E-state index contributed by atoms with van der Waals surface area (Å²) < 4.78 is 29.2. The first kappa shape index (κ1) is 28.8. The maximum atomic E-state index is 13.1. The molecule has 0 spiro atoms. The third-order valence-electron chi connectivity index (χ3n) is 8.65. The fraction of sp³-hybridized carbons (Fsp3) is 0.438. The molecule has 2 aliphatic rings. The van der Waals surface area contributed by atoms with Crippen molar-refractivity contribution in [2.24, 2.45) is 11.8 Å². The number of para-hydroxylation sites is 1. The number of fused-ring (bicyclic) bond motifs is 2. The van der Waals surface area contributed by atoms with E-state index in [0.717, 1.165) is 99.0 Å². The first-order chi connectivity index (χ1) is 20.5. The lowest BCUT2D eigenvalue weighted by atomic mass is 9.82. The molecule has 1 aliphatic heterocycles. The van der Waals surface area contributed by atoms with Gasteiger partial charge in [-0.05, 0) is 61.1 Å². The van der Waals surface area contributed by atoms with Gasteiger partial charge in [0.05, 0.1) is 10.4 Å². The van der Waals surface area contributed by atoms with E-state index in [1.807, 2.05) is 48.5 Å². The summed E-state index contributed by atoms with van der Waals surface area (Å²) in [5.41, 5.74) is 0.932. The second-order valence-corrected chi connectivity index (χ2v) is 13.3. The monoisotopic (exact) mass is 587 g/mol. The van der Waals surface area contributed by atoms with Crippen LogP contribution in [0.5, 0.6) is 0 Å². The molecule has 3 aromatic carbocycles. The van der Waals surface area contributed by atoms with E-state index in [9.17, 15) is 8.42 Å². The third kappa shape index (κ3) is 7.00. The summed E-state index contributed by atoms with van der Waals surface area (Å²) in [5.74, 6) is 2.38. The molecule has 6 rings (SSSR count). The quantitative estimate of drug-likeness (QED) is 0.206. The molecule has 42 heavy (non-hydrogen) atoms. The van der Waals surface area contributed by atoms with Gasteiger partial charge in [0.25, 0.3) is 0 Å². The number of rotatable bonds is 11. The zero-order chi connectivity index (χ0) is 28.8. The number of anilines is 2. The highest BCUT2D eigenvalue weighted by atomic mass is 32.2. The Bertz CT molecular complexity index is 1590. The lowest BCUT2D eigenvalue weighted by molar-refractivity contribution is 0.249. The molecule has 2 heterocycles. The molecule has 2 fully saturated rings. The molecule has 0 atom stereocenters. The fourth-order valence-corrected chi connectivity index (χ4v) is 7.51. The number of aromatic nitrogens is 2. The van der Waals surface area contributed by atoms with Gasteiger partial charge in [0.15, 0.2) is 0 Å². The normalized spacial score (nSPS) is 20.1. The number of benzene rings is 3. The Kier molecular flexibility index (Phi) is 9.14. The Hall–Kier alpha value is -3.31. The van der Waals surface area contributed by atoms with Crippen molar-refractivity contribution in [1.29, 1.82) is 0 Å². The van der Waals surface area contributed by atoms with Gasteiger partial charge in [-0.2, -0.15) is 4.98 Å². The van der Waals surface area contributed by atoms with Crippen molar-refractivity contribution in [3.05, 3.63) is 66.7 Å². The second-order valence-electron chi connectivity index (χ2n) is 11.5. The molecule has 0 amide bonds. The molecule has 1 aromatic heterocycles. The summed E-state index contributed by atoms with van der Waals surface area (Å²) in [7, 11) is -3.57. The number of hydrogen-bond acceptors (Lipinski definition) is 8. The van der Waals surface area contributed by atoms with E-state index in [1.165, 1.54) is 0 Å². The van der Waals surface area contributed by atoms with Gasteiger partial charge >= 0.3 is 0 Å². The van der Waals surface area contributed by atoms with E-state index >= 15 is 0 Å². The van der Waals surface area contributed by atoms with Gasteiger partial charge < -0.3 is 16.0 Å². The van der Waals surface area contributed by atoms with Crippen LogP contribution in [0.15, 0.2) is 71.6 Å². The third-order valence-corrected chi connectivity index (χ3v) is 10.1. The zero-order valence-corrected chi connectivity index (χ0v) is 24.9. The van der Waals surface area contributed by atoms with Gasteiger partial charge in [-0.15, -0.1) is 0 Å². The van der Waals surface area contributed by atoms with Crippen LogP contribution in [0.4, 0.5) is 11.8 Å². The Labute approximate surface area is 248 Å². The van der Waals surface area contributed by atoms with Crippen molar-refractivity contribution >= 4 is 43.5 Å². The van der Waals surface area contributed by atoms with E-state index in [0.29, 0.717) is 29.2 Å². The first-order valence-electron chi connectivity index (χ1n) is 15.2. The second kappa shape index (κ2) is 13.3. The lowest BCUT2D eigenvalue weighted by Gasteiger charge is -2.29. The van der Waals surface area contributed by atoms with Crippen molar-refractivity contribution in [2.45, 2.75) is 30.6 Å². The van der Waals surface area contributed by atoms with Crippen LogP contribution in [0.2, 0.25) is 0 Å². The van der Waals surface area contributed by atoms with Gasteiger partial charge in [-0.25, -0.2) is 18.1 Å². The highest BCUT2D eigenvalue weighted by molar-refractivity contribution is 7.89. The minimum atomic E-state index is -3.57. The van der Waals surface area contributed by atoms with Crippen molar-refractivity contribution in [2.75, 3.05) is 63.0 Å². The molecular weight excluding hydrogens is 546 g/mol. The Morgan fingerprint density at radius 1 is 0.786 bits per heavy atom. The number of hydrogen-bond donors (Lipinski definition) is 4. The van der Waals surface area contributed by atoms with Crippen LogP contribution in [0.25, 0.3) is 21.7 Å². The van der Waals surface area contributed by atoms with Gasteiger partial charge in [0.1, 0.15) is 5.82 Å². The van der Waals surface area contributed by atoms with E-state index in [2.05, 4.69) is 31.6 Å². The fourth-order valence-electron chi connectivity index (χ4n) is 6.17. The van der Waals surface area contributed by atoms with Gasteiger partial charge in [0, 0.05) is 63.1 Å². The molecular formula is C32H41N7O2S. The molecule has 4 N–H and O–H groups in total. The predicted molar refractivity (Wildman–Crippen MR) is 170 cm³/mol. The summed E-state index contributed by atoms with van der Waals surface area (Å²) in [6.45, 7) is 7.38. The van der Waals surface area contributed by atoms with Crippen molar-refractivity contribution in [3.63, 3.8) is 0 Å². The average Bonchev–Trinajstić information content (AvgIpc) is 3.03. The highest BCUT2D eigenvalue weighted by Crippen LogP contribution is 2.30. The van der Waals surface area contributed by atoms with Crippen LogP contribution in [0, 0.1) is 11.8 Å². The van der Waals surface area contributed by atoms with E-state index in [4.69, 9.17) is 9.97 Å². The predicted octanol–water partition coefficient (Wildman–Crippen LogP) is 4.30. The number of sulfonamides is 1. The number of piperazine rings is 1. The van der Waals surface area contributed by atoms with Crippen molar-refractivity contribution in [3.8, 4) is 0 Å². The van der Waals surface area contributed by atoms with Gasteiger partial charge in [-0.1, -0.05) is 48.5 Å². The van der Waals surface area contributed by atoms with Crippen molar-refractivity contribution in [1.82, 2.24) is 24.9 Å². The summed E-state index contributed by atoms with van der Waals surface area (Å²) in [6.07, 6.45) is 4.11. The largest absolute Gasteiger partial charge is 0.368 e. The Morgan fingerprint density at radius 2 is 1.48 bits per heavy atom. The van der Waals surface area contributed by atoms with Crippen LogP contribution in [-0.4, -0.2) is 75.6 Å². The van der Waals surface area contributed by atoms with Crippen LogP contribution < -0.4 is 20.7 Å². The maximum Gasteiger partial charge on any atom is 0.241 e. The van der Waals surface area contributed by atoms with E-state index in [1.54, 1.807) is 12.1 Å². The summed E-state index contributed by atoms with van der Waals surface area (Å²) in [5, 5.41) is 13.2. The van der Waals surface area contributed by atoms with Gasteiger partial charge in [-0.3, -0.25) is 4.90 Å². The Morgan fingerprint density at radius 3 is 2.29 bits per heavy atom. The van der Waals surface area contributed by atoms with Gasteiger partial charge in [0.2, 0.25) is 16.0 Å². The standard InChI is InChI=1S/C32H41N7O2S/c40-42(41,30-11-5-7-26-6-1-2-8-27(26)30)36-23-25-14-12-24(13-15-25)22-35-32-37-29-10-4-3-9-28(29)31(38-32)34-18-21-39-19-16-33-17-20-39/h1-11,24-25,33,36H,12-23H2,(H2,34,35,37,38). The molecule has 9 nitrogen and oxygen atoms in total. The molecule has 1 aliphatic carbocycles. The average molecular weight is 588 g/mol. The number of nitrogens with zero attached hydrogens (tertiary/aromatic N) is 3. The minimum absolute atomic E-state index is 0.342. The number of nitrogens with one attached hydrogen (secondary N) is 4. The summed E-state index contributed by atoms with van der Waals surface area (Å²) >= 11 is 0. The zero-order valence-electron chi connectivity index (χ0n) is 24.1. The lowest BCUT2D eigenvalue weighted by Crippen LogP contribution is -2.45. The molecule has 0 unspecified atom stereocenters. The molecule has 1 saturated heterocycles.